The second kappa shape index (κ2) is 11.7. The number of ether oxygens (including phenoxy) is 2. The van der Waals surface area contributed by atoms with E-state index in [0.717, 1.165) is 25.7 Å². The molecule has 2 heteroatoms. The topological polar surface area (TPSA) is 18.5 Å². The van der Waals surface area contributed by atoms with Crippen molar-refractivity contribution in [2.75, 3.05) is 19.8 Å². The average molecular weight is 270 g/mol. The first kappa shape index (κ1) is 17.0. The van der Waals surface area contributed by atoms with E-state index in [9.17, 15) is 0 Å². The first-order valence-electron chi connectivity index (χ1n) is 8.52. The minimum atomic E-state index is 0.527. The van der Waals surface area contributed by atoms with E-state index >= 15 is 0 Å². The van der Waals surface area contributed by atoms with Crippen LogP contribution in [0.1, 0.15) is 78.1 Å². The van der Waals surface area contributed by atoms with Gasteiger partial charge in [0.1, 0.15) is 0 Å². The van der Waals surface area contributed by atoms with Gasteiger partial charge in [-0.3, -0.25) is 0 Å². The van der Waals surface area contributed by atoms with Crippen LogP contribution in [0.2, 0.25) is 0 Å². The van der Waals surface area contributed by atoms with Gasteiger partial charge < -0.3 is 9.47 Å². The van der Waals surface area contributed by atoms with E-state index in [1.165, 1.54) is 64.2 Å². The molecule has 19 heavy (non-hydrogen) atoms. The van der Waals surface area contributed by atoms with Crippen LogP contribution in [-0.2, 0) is 9.47 Å². The summed E-state index contributed by atoms with van der Waals surface area (Å²) in [5, 5.41) is 0. The summed E-state index contributed by atoms with van der Waals surface area (Å²) in [4.78, 5) is 0. The normalized spacial score (nSPS) is 21.8. The van der Waals surface area contributed by atoms with Crippen molar-refractivity contribution in [2.24, 2.45) is 5.92 Å². The van der Waals surface area contributed by atoms with Crippen LogP contribution in [0.15, 0.2) is 0 Å². The standard InChI is InChI=1S/C10H20O2.C7H14/c1-2-11-8-9-12-10-6-4-3-5-7-10;1-7-5-3-2-4-6-7/h10H,2-9H2,1H3;7H,2-6H2,1H3. The highest BCUT2D eigenvalue weighted by molar-refractivity contribution is 4.64. The average Bonchev–Trinajstić information content (AvgIpc) is 2.46. The summed E-state index contributed by atoms with van der Waals surface area (Å²) in [6.45, 7) is 6.71. The maximum Gasteiger partial charge on any atom is 0.0704 e. The van der Waals surface area contributed by atoms with Crippen LogP contribution in [0, 0.1) is 5.92 Å². The van der Waals surface area contributed by atoms with Gasteiger partial charge in [0.2, 0.25) is 0 Å². The Hall–Kier alpha value is -0.0800. The highest BCUT2D eigenvalue weighted by atomic mass is 16.5. The van der Waals surface area contributed by atoms with Gasteiger partial charge in [0.25, 0.3) is 0 Å². The molecule has 2 aliphatic rings. The molecule has 0 heterocycles. The fourth-order valence-corrected chi connectivity index (χ4v) is 2.96. The minimum Gasteiger partial charge on any atom is -0.379 e. The summed E-state index contributed by atoms with van der Waals surface area (Å²) in [6.07, 6.45) is 14.6. The van der Waals surface area contributed by atoms with Crippen LogP contribution >= 0.6 is 0 Å². The lowest BCUT2D eigenvalue weighted by molar-refractivity contribution is -0.00787. The predicted octanol–water partition coefficient (Wildman–Crippen LogP) is 4.96. The highest BCUT2D eigenvalue weighted by Gasteiger charge is 2.12. The third-order valence-corrected chi connectivity index (χ3v) is 4.23. The van der Waals surface area contributed by atoms with Gasteiger partial charge in [-0.15, -0.1) is 0 Å². The molecule has 2 saturated carbocycles. The molecule has 0 unspecified atom stereocenters. The summed E-state index contributed by atoms with van der Waals surface area (Å²) >= 11 is 0. The molecule has 0 aromatic heterocycles. The van der Waals surface area contributed by atoms with E-state index in [4.69, 9.17) is 9.47 Å². The summed E-state index contributed by atoms with van der Waals surface area (Å²) < 4.78 is 10.9. The fraction of sp³-hybridized carbons (Fsp3) is 1.00. The van der Waals surface area contributed by atoms with Crippen molar-refractivity contribution in [3.8, 4) is 0 Å². The second-order valence-electron chi connectivity index (χ2n) is 6.07. The Bertz CT molecular complexity index is 182. The molecule has 2 rings (SSSR count). The molecule has 0 radical (unpaired) electrons. The lowest BCUT2D eigenvalue weighted by Crippen LogP contribution is -2.19. The zero-order chi connectivity index (χ0) is 13.8. The van der Waals surface area contributed by atoms with E-state index in [0.29, 0.717) is 6.10 Å². The SMILES string of the molecule is CC1CCCCC1.CCOCCOC1CCCCC1. The lowest BCUT2D eigenvalue weighted by Gasteiger charge is -2.21. The zero-order valence-electron chi connectivity index (χ0n) is 13.2. The van der Waals surface area contributed by atoms with E-state index < -0.39 is 0 Å². The van der Waals surface area contributed by atoms with Crippen LogP contribution in [0.25, 0.3) is 0 Å². The predicted molar refractivity (Wildman–Crippen MR) is 81.6 cm³/mol. The second-order valence-corrected chi connectivity index (χ2v) is 6.07. The quantitative estimate of drug-likeness (QED) is 0.657. The Morgan fingerprint density at radius 1 is 0.789 bits per heavy atom. The van der Waals surface area contributed by atoms with E-state index in [2.05, 4.69) is 6.92 Å². The Morgan fingerprint density at radius 3 is 1.84 bits per heavy atom. The largest absolute Gasteiger partial charge is 0.379 e. The van der Waals surface area contributed by atoms with Crippen LogP contribution in [0.5, 0.6) is 0 Å². The highest BCUT2D eigenvalue weighted by Crippen LogP contribution is 2.22. The van der Waals surface area contributed by atoms with E-state index in [1.54, 1.807) is 0 Å². The van der Waals surface area contributed by atoms with Crippen molar-refractivity contribution in [3.05, 3.63) is 0 Å². The molecule has 2 nitrogen and oxygen atoms in total. The van der Waals surface area contributed by atoms with Crippen LogP contribution in [0.4, 0.5) is 0 Å². The molecular formula is C17H34O2. The Morgan fingerprint density at radius 2 is 1.37 bits per heavy atom. The van der Waals surface area contributed by atoms with Crippen molar-refractivity contribution in [1.29, 1.82) is 0 Å². The van der Waals surface area contributed by atoms with Gasteiger partial charge in [-0.25, -0.2) is 0 Å². The molecule has 0 atom stereocenters. The van der Waals surface area contributed by atoms with Crippen molar-refractivity contribution < 1.29 is 9.47 Å². The van der Waals surface area contributed by atoms with Gasteiger partial charge in [0.05, 0.1) is 19.3 Å². The number of hydrogen-bond acceptors (Lipinski definition) is 2. The molecule has 0 amide bonds. The van der Waals surface area contributed by atoms with Crippen LogP contribution in [0.3, 0.4) is 0 Å². The first-order chi connectivity index (χ1) is 9.33. The molecule has 0 aromatic rings. The molecule has 0 saturated heterocycles. The molecular weight excluding hydrogens is 236 g/mol. The summed E-state index contributed by atoms with van der Waals surface area (Å²) in [7, 11) is 0. The van der Waals surface area contributed by atoms with E-state index in [1.807, 2.05) is 6.92 Å². The van der Waals surface area contributed by atoms with Gasteiger partial charge >= 0.3 is 0 Å². The maximum absolute atomic E-state index is 5.66. The monoisotopic (exact) mass is 270 g/mol. The van der Waals surface area contributed by atoms with Crippen molar-refractivity contribution >= 4 is 0 Å². The Labute approximate surface area is 120 Å². The summed E-state index contributed by atoms with van der Waals surface area (Å²) in [5.41, 5.74) is 0. The Kier molecular flexibility index (Phi) is 10.5. The van der Waals surface area contributed by atoms with Crippen molar-refractivity contribution in [2.45, 2.75) is 84.2 Å². The van der Waals surface area contributed by atoms with Gasteiger partial charge in [0, 0.05) is 6.61 Å². The molecule has 0 spiro atoms. The van der Waals surface area contributed by atoms with Crippen LogP contribution < -0.4 is 0 Å². The van der Waals surface area contributed by atoms with Crippen molar-refractivity contribution in [1.82, 2.24) is 0 Å². The van der Waals surface area contributed by atoms with Gasteiger partial charge in [0.15, 0.2) is 0 Å². The number of hydrogen-bond donors (Lipinski definition) is 0. The fourth-order valence-electron chi connectivity index (χ4n) is 2.96. The summed E-state index contributed by atoms with van der Waals surface area (Å²) in [6, 6.07) is 0. The third-order valence-electron chi connectivity index (χ3n) is 4.23. The van der Waals surface area contributed by atoms with Gasteiger partial charge in [-0.2, -0.15) is 0 Å². The third kappa shape index (κ3) is 9.45. The number of rotatable bonds is 5. The van der Waals surface area contributed by atoms with Crippen LogP contribution in [-0.4, -0.2) is 25.9 Å². The Balaban J connectivity index is 0.000000218. The first-order valence-corrected chi connectivity index (χ1v) is 8.52. The lowest BCUT2D eigenvalue weighted by atomic mass is 9.91. The molecule has 2 aliphatic carbocycles. The summed E-state index contributed by atoms with van der Waals surface area (Å²) in [5.74, 6) is 1.04. The van der Waals surface area contributed by atoms with Gasteiger partial charge in [-0.1, -0.05) is 58.3 Å². The molecule has 0 aliphatic heterocycles. The zero-order valence-corrected chi connectivity index (χ0v) is 13.2. The van der Waals surface area contributed by atoms with Gasteiger partial charge in [-0.05, 0) is 25.7 Å². The molecule has 114 valence electrons. The van der Waals surface area contributed by atoms with E-state index in [-0.39, 0.29) is 0 Å². The molecule has 0 bridgehead atoms. The van der Waals surface area contributed by atoms with Crippen molar-refractivity contribution in [3.63, 3.8) is 0 Å². The maximum atomic E-state index is 5.66. The smallest absolute Gasteiger partial charge is 0.0704 e. The molecule has 2 fully saturated rings. The minimum absolute atomic E-state index is 0.527. The molecule has 0 N–H and O–H groups in total. The molecule has 0 aromatic carbocycles.